The van der Waals surface area contributed by atoms with Crippen molar-refractivity contribution in [2.75, 3.05) is 39.4 Å². The molecule has 0 unspecified atom stereocenters. The molecule has 2 atom stereocenters. The Hall–Kier alpha value is -1.60. The van der Waals surface area contributed by atoms with Crippen LogP contribution in [0.3, 0.4) is 0 Å². The molecule has 1 amide bonds. The van der Waals surface area contributed by atoms with E-state index < -0.39 is 19.0 Å². The van der Waals surface area contributed by atoms with E-state index in [1.807, 2.05) is 25.1 Å². The maximum Gasteiger partial charge on any atom is 0.282 e. The summed E-state index contributed by atoms with van der Waals surface area (Å²) in [6.45, 7) is 4.62. The van der Waals surface area contributed by atoms with Gasteiger partial charge in [0.25, 0.3) is 5.92 Å². The maximum absolute atomic E-state index is 13.0. The van der Waals surface area contributed by atoms with Gasteiger partial charge in [-0.15, -0.1) is 0 Å². The van der Waals surface area contributed by atoms with Gasteiger partial charge < -0.3 is 9.64 Å². The summed E-state index contributed by atoms with van der Waals surface area (Å²) in [5.74, 6) is -2.60. The summed E-state index contributed by atoms with van der Waals surface area (Å²) in [5, 5.41) is 0. The molecule has 7 heteroatoms. The molecule has 4 rings (SSSR count). The molecule has 25 heavy (non-hydrogen) atoms. The topological polar surface area (TPSA) is 45.7 Å². The SMILES string of the molecule is Cc1cccc(CN2C[C@@H]3COC[C@]3(CC(=O)N3CC(F)(F)C3)C2)n1. The van der Waals surface area contributed by atoms with Crippen LogP contribution in [-0.4, -0.2) is 66.0 Å². The van der Waals surface area contributed by atoms with Crippen molar-refractivity contribution in [1.82, 2.24) is 14.8 Å². The van der Waals surface area contributed by atoms with Crippen LogP contribution in [0.2, 0.25) is 0 Å². The Morgan fingerprint density at radius 3 is 2.88 bits per heavy atom. The quantitative estimate of drug-likeness (QED) is 0.828. The van der Waals surface area contributed by atoms with E-state index in [1.54, 1.807) is 0 Å². The van der Waals surface area contributed by atoms with Gasteiger partial charge in [-0.05, 0) is 19.1 Å². The molecule has 3 aliphatic rings. The number of pyridine rings is 1. The summed E-state index contributed by atoms with van der Waals surface area (Å²) in [5.41, 5.74) is 1.76. The van der Waals surface area contributed by atoms with E-state index in [-0.39, 0.29) is 17.2 Å². The summed E-state index contributed by atoms with van der Waals surface area (Å²) in [6.07, 6.45) is 0.297. The van der Waals surface area contributed by atoms with Crippen LogP contribution in [0.5, 0.6) is 0 Å². The molecule has 0 N–H and O–H groups in total. The Morgan fingerprint density at radius 2 is 2.16 bits per heavy atom. The lowest BCUT2D eigenvalue weighted by atomic mass is 9.77. The van der Waals surface area contributed by atoms with Crippen molar-refractivity contribution in [1.29, 1.82) is 0 Å². The number of likely N-dealkylation sites (tertiary alicyclic amines) is 2. The molecule has 1 aromatic heterocycles. The average molecular weight is 351 g/mol. The third kappa shape index (κ3) is 3.27. The predicted molar refractivity (Wildman–Crippen MR) is 87.1 cm³/mol. The van der Waals surface area contributed by atoms with E-state index in [9.17, 15) is 13.6 Å². The fourth-order valence-corrected chi connectivity index (χ4v) is 4.33. The Labute approximate surface area is 146 Å². The highest BCUT2D eigenvalue weighted by molar-refractivity contribution is 5.78. The number of rotatable bonds is 4. The highest BCUT2D eigenvalue weighted by atomic mass is 19.3. The minimum absolute atomic E-state index is 0.169. The van der Waals surface area contributed by atoms with Gasteiger partial charge >= 0.3 is 0 Å². The molecule has 0 radical (unpaired) electrons. The highest BCUT2D eigenvalue weighted by Crippen LogP contribution is 2.45. The zero-order valence-electron chi connectivity index (χ0n) is 14.4. The van der Waals surface area contributed by atoms with Gasteiger partial charge in [0.05, 0.1) is 32.0 Å². The number of ether oxygens (including phenoxy) is 1. The second-order valence-electron chi connectivity index (χ2n) is 7.80. The van der Waals surface area contributed by atoms with Gasteiger partial charge in [0, 0.05) is 43.1 Å². The van der Waals surface area contributed by atoms with E-state index >= 15 is 0 Å². The standard InChI is InChI=1S/C18H23F2N3O2/c1-13-3-2-4-15(21-13)7-22-6-14-8-25-12-17(14,9-22)5-16(24)23-10-18(19,20)11-23/h2-4,14H,5-12H2,1H3/t14-,17+/m1/s1. The van der Waals surface area contributed by atoms with Crippen LogP contribution in [0.25, 0.3) is 0 Å². The minimum Gasteiger partial charge on any atom is -0.380 e. The average Bonchev–Trinajstić information content (AvgIpc) is 3.00. The van der Waals surface area contributed by atoms with Gasteiger partial charge in [-0.2, -0.15) is 0 Å². The molecule has 0 aliphatic carbocycles. The molecule has 1 aromatic rings. The Morgan fingerprint density at radius 1 is 1.36 bits per heavy atom. The third-order valence-electron chi connectivity index (χ3n) is 5.62. The molecule has 0 aromatic carbocycles. The Bertz CT molecular complexity index is 676. The van der Waals surface area contributed by atoms with Crippen LogP contribution < -0.4 is 0 Å². The zero-order valence-corrected chi connectivity index (χ0v) is 14.4. The summed E-state index contributed by atoms with van der Waals surface area (Å²) in [7, 11) is 0. The smallest absolute Gasteiger partial charge is 0.282 e. The van der Waals surface area contributed by atoms with Gasteiger partial charge in [-0.25, -0.2) is 8.78 Å². The van der Waals surface area contributed by atoms with E-state index in [0.29, 0.717) is 19.6 Å². The molecular formula is C18H23F2N3O2. The van der Waals surface area contributed by atoms with Gasteiger partial charge in [-0.1, -0.05) is 6.07 Å². The minimum atomic E-state index is -2.71. The molecule has 4 heterocycles. The first kappa shape index (κ1) is 16.8. The van der Waals surface area contributed by atoms with Crippen LogP contribution >= 0.6 is 0 Å². The van der Waals surface area contributed by atoms with Crippen LogP contribution in [0.1, 0.15) is 17.8 Å². The van der Waals surface area contributed by atoms with Crippen molar-refractivity contribution in [2.45, 2.75) is 25.8 Å². The van der Waals surface area contributed by atoms with Crippen LogP contribution in [0.15, 0.2) is 18.2 Å². The number of alkyl halides is 2. The third-order valence-corrected chi connectivity index (χ3v) is 5.62. The van der Waals surface area contributed by atoms with Gasteiger partial charge in [0.2, 0.25) is 5.91 Å². The monoisotopic (exact) mass is 351 g/mol. The molecule has 0 saturated carbocycles. The van der Waals surface area contributed by atoms with Crippen molar-refractivity contribution in [3.8, 4) is 0 Å². The van der Waals surface area contributed by atoms with Crippen molar-refractivity contribution in [3.05, 3.63) is 29.6 Å². The molecule has 5 nitrogen and oxygen atoms in total. The number of halogens is 2. The second-order valence-corrected chi connectivity index (χ2v) is 7.80. The molecular weight excluding hydrogens is 328 g/mol. The van der Waals surface area contributed by atoms with Crippen molar-refractivity contribution >= 4 is 5.91 Å². The number of fused-ring (bicyclic) bond motifs is 1. The molecule has 3 saturated heterocycles. The van der Waals surface area contributed by atoms with Crippen LogP contribution in [-0.2, 0) is 16.1 Å². The molecule has 0 bridgehead atoms. The summed E-state index contributed by atoms with van der Waals surface area (Å²) in [4.78, 5) is 20.6. The van der Waals surface area contributed by atoms with Gasteiger partial charge in [0.1, 0.15) is 0 Å². The fraction of sp³-hybridized carbons (Fsp3) is 0.667. The maximum atomic E-state index is 13.0. The van der Waals surface area contributed by atoms with Crippen molar-refractivity contribution < 1.29 is 18.3 Å². The van der Waals surface area contributed by atoms with Crippen molar-refractivity contribution in [2.24, 2.45) is 11.3 Å². The van der Waals surface area contributed by atoms with E-state index in [1.165, 1.54) is 4.90 Å². The number of hydrogen-bond donors (Lipinski definition) is 0. The molecule has 3 fully saturated rings. The first-order valence-corrected chi connectivity index (χ1v) is 8.74. The number of carbonyl (C=O) groups is 1. The predicted octanol–water partition coefficient (Wildman–Crippen LogP) is 1.71. The zero-order chi connectivity index (χ0) is 17.7. The summed E-state index contributed by atoms with van der Waals surface area (Å²) in [6, 6.07) is 5.98. The number of carbonyl (C=O) groups excluding carboxylic acids is 1. The first-order chi connectivity index (χ1) is 11.9. The van der Waals surface area contributed by atoms with Crippen LogP contribution in [0.4, 0.5) is 8.78 Å². The number of aromatic nitrogens is 1. The molecule has 0 spiro atoms. The lowest BCUT2D eigenvalue weighted by Gasteiger charge is -2.40. The number of nitrogens with zero attached hydrogens (tertiary/aromatic N) is 3. The highest BCUT2D eigenvalue weighted by Gasteiger charge is 2.54. The number of hydrogen-bond acceptors (Lipinski definition) is 4. The number of amides is 1. The van der Waals surface area contributed by atoms with E-state index in [4.69, 9.17) is 4.74 Å². The van der Waals surface area contributed by atoms with E-state index in [2.05, 4.69) is 9.88 Å². The summed E-state index contributed by atoms with van der Waals surface area (Å²) < 4.78 is 31.7. The molecule has 136 valence electrons. The van der Waals surface area contributed by atoms with Gasteiger partial charge in [-0.3, -0.25) is 14.7 Å². The van der Waals surface area contributed by atoms with Crippen LogP contribution in [0, 0.1) is 18.3 Å². The Kier molecular flexibility index (Phi) is 4.03. The van der Waals surface area contributed by atoms with E-state index in [0.717, 1.165) is 31.0 Å². The lowest BCUT2D eigenvalue weighted by Crippen LogP contribution is -2.59. The first-order valence-electron chi connectivity index (χ1n) is 8.74. The number of aryl methyl sites for hydroxylation is 1. The molecule has 3 aliphatic heterocycles. The fourth-order valence-electron chi connectivity index (χ4n) is 4.33. The Balaban J connectivity index is 1.41. The van der Waals surface area contributed by atoms with Crippen molar-refractivity contribution in [3.63, 3.8) is 0 Å². The summed E-state index contributed by atoms with van der Waals surface area (Å²) >= 11 is 0. The van der Waals surface area contributed by atoms with Gasteiger partial charge in [0.15, 0.2) is 0 Å². The lowest BCUT2D eigenvalue weighted by molar-refractivity contribution is -0.168. The largest absolute Gasteiger partial charge is 0.380 e. The second kappa shape index (κ2) is 5.99. The normalized spacial score (nSPS) is 31.0.